The number of rotatable bonds is 6. The first-order valence-electron chi connectivity index (χ1n) is 10.4. The lowest BCUT2D eigenvalue weighted by atomic mass is 10.1. The SMILES string of the molecule is CCNC(=NCCCc1ccc(O)cc1)N1CCN(C(=O)C2CCCO2)CC1. The molecule has 0 aliphatic carbocycles. The maximum Gasteiger partial charge on any atom is 0.251 e. The summed E-state index contributed by atoms with van der Waals surface area (Å²) in [5, 5.41) is 12.7. The van der Waals surface area contributed by atoms with Gasteiger partial charge in [-0.25, -0.2) is 0 Å². The van der Waals surface area contributed by atoms with Crippen molar-refractivity contribution in [1.82, 2.24) is 15.1 Å². The van der Waals surface area contributed by atoms with E-state index in [2.05, 4.69) is 17.1 Å². The van der Waals surface area contributed by atoms with Gasteiger partial charge >= 0.3 is 0 Å². The Labute approximate surface area is 167 Å². The van der Waals surface area contributed by atoms with Crippen LogP contribution < -0.4 is 5.32 Å². The summed E-state index contributed by atoms with van der Waals surface area (Å²) in [4.78, 5) is 21.4. The molecular formula is C21H32N4O3. The normalized spacial score (nSPS) is 20.5. The highest BCUT2D eigenvalue weighted by atomic mass is 16.5. The summed E-state index contributed by atoms with van der Waals surface area (Å²) >= 11 is 0. The number of guanidine groups is 1. The first-order valence-corrected chi connectivity index (χ1v) is 10.4. The van der Waals surface area contributed by atoms with Gasteiger partial charge in [0.2, 0.25) is 0 Å². The molecular weight excluding hydrogens is 356 g/mol. The van der Waals surface area contributed by atoms with Crippen LogP contribution in [0, 0.1) is 0 Å². The number of phenols is 1. The zero-order valence-electron chi connectivity index (χ0n) is 16.8. The third-order valence-corrected chi connectivity index (χ3v) is 5.25. The average molecular weight is 389 g/mol. The molecule has 7 heteroatoms. The maximum absolute atomic E-state index is 12.5. The van der Waals surface area contributed by atoms with Gasteiger partial charge in [0.25, 0.3) is 5.91 Å². The summed E-state index contributed by atoms with van der Waals surface area (Å²) in [5.41, 5.74) is 1.21. The van der Waals surface area contributed by atoms with Crippen LogP contribution in [0.5, 0.6) is 5.75 Å². The maximum atomic E-state index is 12.5. The molecule has 1 aromatic rings. The molecule has 1 unspecified atom stereocenters. The Balaban J connectivity index is 1.46. The number of amides is 1. The van der Waals surface area contributed by atoms with Gasteiger partial charge in [0, 0.05) is 45.9 Å². The number of carbonyl (C=O) groups excluding carboxylic acids is 1. The number of aliphatic imine (C=N–C) groups is 1. The van der Waals surface area contributed by atoms with Crippen molar-refractivity contribution in [3.63, 3.8) is 0 Å². The fraction of sp³-hybridized carbons (Fsp3) is 0.619. The number of nitrogens with zero attached hydrogens (tertiary/aromatic N) is 3. The van der Waals surface area contributed by atoms with E-state index in [1.807, 2.05) is 17.0 Å². The van der Waals surface area contributed by atoms with Gasteiger partial charge in [-0.15, -0.1) is 0 Å². The van der Waals surface area contributed by atoms with E-state index in [4.69, 9.17) is 9.73 Å². The number of aromatic hydroxyl groups is 1. The fourth-order valence-corrected chi connectivity index (χ4v) is 3.67. The number of hydrogen-bond donors (Lipinski definition) is 2. The van der Waals surface area contributed by atoms with Gasteiger partial charge in [0.15, 0.2) is 5.96 Å². The highest BCUT2D eigenvalue weighted by Crippen LogP contribution is 2.16. The van der Waals surface area contributed by atoms with Gasteiger partial charge in [-0.1, -0.05) is 12.1 Å². The topological polar surface area (TPSA) is 77.4 Å². The third-order valence-electron chi connectivity index (χ3n) is 5.25. The van der Waals surface area contributed by atoms with Crippen molar-refractivity contribution >= 4 is 11.9 Å². The van der Waals surface area contributed by atoms with Crippen LogP contribution in [-0.4, -0.2) is 78.8 Å². The summed E-state index contributed by atoms with van der Waals surface area (Å²) in [6.45, 7) is 7.38. The van der Waals surface area contributed by atoms with Crippen LogP contribution in [-0.2, 0) is 16.0 Å². The van der Waals surface area contributed by atoms with Gasteiger partial charge in [0.05, 0.1) is 0 Å². The van der Waals surface area contributed by atoms with Gasteiger partial charge in [0.1, 0.15) is 11.9 Å². The predicted octanol–water partition coefficient (Wildman–Crippen LogP) is 1.61. The molecule has 154 valence electrons. The minimum absolute atomic E-state index is 0.146. The lowest BCUT2D eigenvalue weighted by Gasteiger charge is -2.37. The number of phenolic OH excluding ortho intramolecular Hbond substituents is 1. The Morgan fingerprint density at radius 2 is 1.93 bits per heavy atom. The minimum atomic E-state index is -0.228. The van der Waals surface area contributed by atoms with Gasteiger partial charge in [-0.2, -0.15) is 0 Å². The molecule has 0 radical (unpaired) electrons. The molecule has 2 fully saturated rings. The molecule has 2 aliphatic rings. The molecule has 2 saturated heterocycles. The summed E-state index contributed by atoms with van der Waals surface area (Å²) in [6, 6.07) is 7.35. The number of benzene rings is 1. The molecule has 1 aromatic carbocycles. The van der Waals surface area contributed by atoms with Crippen LogP contribution in [0.2, 0.25) is 0 Å². The quantitative estimate of drug-likeness (QED) is 0.440. The zero-order chi connectivity index (χ0) is 19.8. The molecule has 2 N–H and O–H groups in total. The van der Waals surface area contributed by atoms with Gasteiger partial charge < -0.3 is 25.0 Å². The molecule has 2 aliphatic heterocycles. The van der Waals surface area contributed by atoms with E-state index >= 15 is 0 Å². The molecule has 0 aromatic heterocycles. The Hall–Kier alpha value is -2.28. The third kappa shape index (κ3) is 5.61. The number of hydrogen-bond acceptors (Lipinski definition) is 4. The second-order valence-corrected chi connectivity index (χ2v) is 7.32. The Morgan fingerprint density at radius 1 is 1.21 bits per heavy atom. The van der Waals surface area contributed by atoms with Crippen molar-refractivity contribution < 1.29 is 14.6 Å². The second kappa shape index (κ2) is 10.3. The summed E-state index contributed by atoms with van der Waals surface area (Å²) in [7, 11) is 0. The molecule has 1 atom stereocenters. The number of ether oxygens (including phenoxy) is 1. The van der Waals surface area contributed by atoms with E-state index in [-0.39, 0.29) is 12.0 Å². The number of piperazine rings is 1. The smallest absolute Gasteiger partial charge is 0.251 e. The zero-order valence-corrected chi connectivity index (χ0v) is 16.8. The molecule has 2 heterocycles. The van der Waals surface area contributed by atoms with E-state index in [1.54, 1.807) is 12.1 Å². The van der Waals surface area contributed by atoms with E-state index in [1.165, 1.54) is 5.56 Å². The lowest BCUT2D eigenvalue weighted by Crippen LogP contribution is -2.55. The van der Waals surface area contributed by atoms with Gasteiger partial charge in [-0.05, 0) is 50.3 Å². The van der Waals surface area contributed by atoms with Crippen molar-refractivity contribution in [3.05, 3.63) is 29.8 Å². The average Bonchev–Trinajstić information content (AvgIpc) is 3.26. The fourth-order valence-electron chi connectivity index (χ4n) is 3.67. The summed E-state index contributed by atoms with van der Waals surface area (Å²) in [6.07, 6.45) is 3.50. The second-order valence-electron chi connectivity index (χ2n) is 7.32. The summed E-state index contributed by atoms with van der Waals surface area (Å²) < 4.78 is 5.53. The van der Waals surface area contributed by atoms with Gasteiger partial charge in [-0.3, -0.25) is 9.79 Å². The number of carbonyl (C=O) groups is 1. The van der Waals surface area contributed by atoms with Crippen LogP contribution in [0.4, 0.5) is 0 Å². The van der Waals surface area contributed by atoms with Crippen molar-refractivity contribution in [2.45, 2.75) is 38.7 Å². The molecule has 0 spiro atoms. The van der Waals surface area contributed by atoms with Crippen LogP contribution in [0.15, 0.2) is 29.3 Å². The molecule has 7 nitrogen and oxygen atoms in total. The van der Waals surface area contributed by atoms with Crippen LogP contribution in [0.25, 0.3) is 0 Å². The Bertz CT molecular complexity index is 648. The lowest BCUT2D eigenvalue weighted by molar-refractivity contribution is -0.142. The molecule has 0 saturated carbocycles. The van der Waals surface area contributed by atoms with Crippen molar-refractivity contribution in [2.24, 2.45) is 4.99 Å². The highest BCUT2D eigenvalue weighted by Gasteiger charge is 2.30. The Kier molecular flexibility index (Phi) is 7.54. The van der Waals surface area contributed by atoms with Crippen molar-refractivity contribution in [3.8, 4) is 5.75 Å². The van der Waals surface area contributed by atoms with Crippen LogP contribution in [0.1, 0.15) is 31.7 Å². The molecule has 3 rings (SSSR count). The van der Waals surface area contributed by atoms with E-state index < -0.39 is 0 Å². The van der Waals surface area contributed by atoms with Crippen LogP contribution in [0.3, 0.4) is 0 Å². The Morgan fingerprint density at radius 3 is 2.57 bits per heavy atom. The molecule has 1 amide bonds. The van der Waals surface area contributed by atoms with Crippen molar-refractivity contribution in [2.75, 3.05) is 45.9 Å². The monoisotopic (exact) mass is 388 g/mol. The largest absolute Gasteiger partial charge is 0.508 e. The van der Waals surface area contributed by atoms with E-state index in [0.717, 1.165) is 70.9 Å². The molecule has 0 bridgehead atoms. The molecule has 28 heavy (non-hydrogen) atoms. The summed E-state index contributed by atoms with van der Waals surface area (Å²) in [5.74, 6) is 1.37. The van der Waals surface area contributed by atoms with Crippen LogP contribution >= 0.6 is 0 Å². The van der Waals surface area contributed by atoms with E-state index in [0.29, 0.717) is 12.4 Å². The van der Waals surface area contributed by atoms with E-state index in [9.17, 15) is 9.90 Å². The number of nitrogens with one attached hydrogen (secondary N) is 1. The first-order chi connectivity index (χ1) is 13.7. The minimum Gasteiger partial charge on any atom is -0.508 e. The standard InChI is InChI=1S/C21H32N4O3/c1-2-22-21(23-11-3-5-17-7-9-18(26)10-8-17)25-14-12-24(13-15-25)20(27)19-6-4-16-28-19/h7-10,19,26H,2-6,11-16H2,1H3,(H,22,23). The predicted molar refractivity (Wildman–Crippen MR) is 110 cm³/mol. The van der Waals surface area contributed by atoms with Crippen molar-refractivity contribution in [1.29, 1.82) is 0 Å². The number of aryl methyl sites for hydroxylation is 1. The first kappa shape index (κ1) is 20.5. The highest BCUT2D eigenvalue weighted by molar-refractivity contribution is 5.82.